The number of hydrogen-bond acceptors (Lipinski definition) is 6. The van der Waals surface area contributed by atoms with Gasteiger partial charge in [-0.25, -0.2) is 0 Å². The Morgan fingerprint density at radius 3 is 2.35 bits per heavy atom. The van der Waals surface area contributed by atoms with E-state index in [0.29, 0.717) is 5.70 Å². The maximum absolute atomic E-state index is 11.5. The van der Waals surface area contributed by atoms with Gasteiger partial charge in [-0.15, -0.1) is 0 Å². The van der Waals surface area contributed by atoms with Gasteiger partial charge in [-0.2, -0.15) is 0 Å². The van der Waals surface area contributed by atoms with Gasteiger partial charge < -0.3 is 10.6 Å². The molecule has 1 rings (SSSR count). The van der Waals surface area contributed by atoms with Crippen LogP contribution < -0.4 is 10.6 Å². The van der Waals surface area contributed by atoms with E-state index >= 15 is 0 Å². The van der Waals surface area contributed by atoms with E-state index in [1.807, 2.05) is 7.05 Å². The highest BCUT2D eigenvalue weighted by atomic mass is 33.1. The van der Waals surface area contributed by atoms with Crippen molar-refractivity contribution in [2.24, 2.45) is 0 Å². The predicted octanol–water partition coefficient (Wildman–Crippen LogP) is 1.34. The maximum Gasteiger partial charge on any atom is 0.176 e. The average molecular weight is 274 g/mol. The van der Waals surface area contributed by atoms with Gasteiger partial charge >= 0.3 is 0 Å². The molecule has 6 heteroatoms. The highest BCUT2D eigenvalue weighted by Gasteiger charge is 2.57. The number of allylic oxidation sites excluding steroid dienone is 1. The minimum Gasteiger partial charge on any atom is -0.385 e. The molecule has 1 aliphatic carbocycles. The number of hydrogen-bond donors (Lipinski definition) is 2. The molecular formula is C11H18N2O2S2. The van der Waals surface area contributed by atoms with Crippen molar-refractivity contribution in [3.8, 4) is 0 Å². The van der Waals surface area contributed by atoms with Gasteiger partial charge in [0.25, 0.3) is 0 Å². The summed E-state index contributed by atoms with van der Waals surface area (Å²) in [6.45, 7) is 3.14. The Balaban J connectivity index is 2.45. The van der Waals surface area contributed by atoms with E-state index in [1.54, 1.807) is 30.2 Å². The fourth-order valence-electron chi connectivity index (χ4n) is 1.62. The quantitative estimate of drug-likeness (QED) is 0.540. The van der Waals surface area contributed by atoms with Crippen molar-refractivity contribution in [1.82, 2.24) is 10.6 Å². The third-order valence-corrected chi connectivity index (χ3v) is 5.52. The number of Topliss-reactive ketones (excluding diaryl/α,β-unsaturated/α-hetero) is 2. The molecule has 0 heterocycles. The third kappa shape index (κ3) is 3.26. The molecule has 17 heavy (non-hydrogen) atoms. The SMILES string of the molecule is CN/C(=C/SSC1CC1(NC)C(C)=O)C(C)=O. The molecule has 0 saturated heterocycles. The number of rotatable bonds is 7. The first-order chi connectivity index (χ1) is 7.97. The molecule has 1 saturated carbocycles. The lowest BCUT2D eigenvalue weighted by molar-refractivity contribution is -0.119. The van der Waals surface area contributed by atoms with Crippen molar-refractivity contribution >= 4 is 33.2 Å². The Labute approximate surface area is 110 Å². The summed E-state index contributed by atoms with van der Waals surface area (Å²) < 4.78 is 0. The summed E-state index contributed by atoms with van der Waals surface area (Å²) in [5, 5.41) is 8.02. The van der Waals surface area contributed by atoms with E-state index in [0.717, 1.165) is 6.42 Å². The maximum atomic E-state index is 11.5. The molecule has 1 aliphatic rings. The van der Waals surface area contributed by atoms with E-state index in [9.17, 15) is 9.59 Å². The Kier molecular flexibility index (Phi) is 5.09. The molecule has 0 aliphatic heterocycles. The largest absolute Gasteiger partial charge is 0.385 e. The molecule has 0 radical (unpaired) electrons. The molecule has 0 aromatic rings. The van der Waals surface area contributed by atoms with Crippen molar-refractivity contribution in [3.05, 3.63) is 11.1 Å². The highest BCUT2D eigenvalue weighted by Crippen LogP contribution is 2.51. The zero-order valence-corrected chi connectivity index (χ0v) is 12.1. The summed E-state index contributed by atoms with van der Waals surface area (Å²) >= 11 is 0. The first-order valence-corrected chi connectivity index (χ1v) is 7.66. The molecular weight excluding hydrogens is 256 g/mol. The monoisotopic (exact) mass is 274 g/mol. The van der Waals surface area contributed by atoms with Crippen LogP contribution in [0.15, 0.2) is 11.1 Å². The van der Waals surface area contributed by atoms with Crippen LogP contribution in [0.1, 0.15) is 20.3 Å². The van der Waals surface area contributed by atoms with E-state index in [2.05, 4.69) is 10.6 Å². The van der Waals surface area contributed by atoms with Crippen LogP contribution in [0, 0.1) is 0 Å². The van der Waals surface area contributed by atoms with Crippen LogP contribution in [0.4, 0.5) is 0 Å². The van der Waals surface area contributed by atoms with E-state index in [-0.39, 0.29) is 22.4 Å². The van der Waals surface area contributed by atoms with Crippen LogP contribution in [0.5, 0.6) is 0 Å². The lowest BCUT2D eigenvalue weighted by Gasteiger charge is -2.11. The van der Waals surface area contributed by atoms with Gasteiger partial charge in [0.15, 0.2) is 11.6 Å². The fourth-order valence-corrected chi connectivity index (χ4v) is 4.52. The lowest BCUT2D eigenvalue weighted by Crippen LogP contribution is -2.37. The van der Waals surface area contributed by atoms with Gasteiger partial charge in [-0.1, -0.05) is 21.6 Å². The van der Waals surface area contributed by atoms with Crippen LogP contribution in [0.2, 0.25) is 0 Å². The molecule has 0 spiro atoms. The Morgan fingerprint density at radius 1 is 1.35 bits per heavy atom. The minimum atomic E-state index is -0.346. The Morgan fingerprint density at radius 2 is 2.00 bits per heavy atom. The van der Waals surface area contributed by atoms with Crippen molar-refractivity contribution < 1.29 is 9.59 Å². The number of ketones is 2. The molecule has 4 nitrogen and oxygen atoms in total. The average Bonchev–Trinajstić information content (AvgIpc) is 2.99. The summed E-state index contributed by atoms with van der Waals surface area (Å²) in [4.78, 5) is 22.6. The minimum absolute atomic E-state index is 0.0165. The van der Waals surface area contributed by atoms with Crippen LogP contribution in [-0.2, 0) is 9.59 Å². The van der Waals surface area contributed by atoms with E-state index in [1.165, 1.54) is 17.7 Å². The van der Waals surface area contributed by atoms with Gasteiger partial charge in [0.1, 0.15) is 0 Å². The zero-order chi connectivity index (χ0) is 13.1. The van der Waals surface area contributed by atoms with Gasteiger partial charge in [0.2, 0.25) is 0 Å². The van der Waals surface area contributed by atoms with Crippen LogP contribution in [0.25, 0.3) is 0 Å². The van der Waals surface area contributed by atoms with Crippen LogP contribution >= 0.6 is 21.6 Å². The molecule has 0 aromatic heterocycles. The van der Waals surface area contributed by atoms with Crippen molar-refractivity contribution in [1.29, 1.82) is 0 Å². The van der Waals surface area contributed by atoms with Gasteiger partial charge in [0, 0.05) is 24.6 Å². The number of nitrogens with one attached hydrogen (secondary N) is 2. The summed E-state index contributed by atoms with van der Waals surface area (Å²) in [7, 11) is 6.67. The first-order valence-electron chi connectivity index (χ1n) is 5.39. The number of likely N-dealkylation sites (N-methyl/N-ethyl adjacent to an activating group) is 2. The molecule has 0 amide bonds. The Bertz CT molecular complexity index is 357. The van der Waals surface area contributed by atoms with Crippen LogP contribution in [0.3, 0.4) is 0 Å². The van der Waals surface area contributed by atoms with Crippen molar-refractivity contribution in [2.45, 2.75) is 31.1 Å². The second kappa shape index (κ2) is 5.93. The standard InChI is InChI=1S/C11H18N2O2S2/c1-7(14)9(12-3)6-16-17-10-5-11(10,13-4)8(2)15/h6,10,12-13H,5H2,1-4H3/b9-6+. The van der Waals surface area contributed by atoms with Crippen molar-refractivity contribution in [3.63, 3.8) is 0 Å². The predicted molar refractivity (Wildman–Crippen MR) is 73.9 cm³/mol. The highest BCUT2D eigenvalue weighted by molar-refractivity contribution is 8.78. The summed E-state index contributed by atoms with van der Waals surface area (Å²) in [5.74, 6) is 0.199. The number of carbonyl (C=O) groups is 2. The third-order valence-electron chi connectivity index (χ3n) is 2.96. The molecule has 0 bridgehead atoms. The summed E-state index contributed by atoms with van der Waals surface area (Å²) in [6, 6.07) is 0. The van der Waals surface area contributed by atoms with E-state index < -0.39 is 0 Å². The lowest BCUT2D eigenvalue weighted by atomic mass is 10.2. The Hall–Kier alpha value is -0.460. The van der Waals surface area contributed by atoms with Crippen LogP contribution in [-0.4, -0.2) is 36.5 Å². The topological polar surface area (TPSA) is 58.2 Å². The van der Waals surface area contributed by atoms with Gasteiger partial charge in [-0.05, 0) is 20.4 Å². The summed E-state index contributed by atoms with van der Waals surface area (Å²) in [6.07, 6.45) is 0.860. The normalized spacial score (nSPS) is 27.8. The molecule has 2 atom stereocenters. The molecule has 0 aromatic carbocycles. The zero-order valence-electron chi connectivity index (χ0n) is 10.5. The van der Waals surface area contributed by atoms with Gasteiger partial charge in [0.05, 0.1) is 11.2 Å². The van der Waals surface area contributed by atoms with Gasteiger partial charge in [-0.3, -0.25) is 9.59 Å². The smallest absolute Gasteiger partial charge is 0.176 e. The fraction of sp³-hybridized carbons (Fsp3) is 0.636. The van der Waals surface area contributed by atoms with Crippen molar-refractivity contribution in [2.75, 3.05) is 14.1 Å². The number of carbonyl (C=O) groups excluding carboxylic acids is 2. The molecule has 2 N–H and O–H groups in total. The summed E-state index contributed by atoms with van der Waals surface area (Å²) in [5.41, 5.74) is 0.252. The first kappa shape index (κ1) is 14.6. The second-order valence-electron chi connectivity index (χ2n) is 4.00. The second-order valence-corrected chi connectivity index (χ2v) is 6.34. The molecule has 2 unspecified atom stereocenters. The molecule has 1 fully saturated rings. The van der Waals surface area contributed by atoms with E-state index in [4.69, 9.17) is 0 Å². The molecule has 96 valence electrons.